The molecule has 0 aromatic carbocycles. The number of amides is 1. The highest BCUT2D eigenvalue weighted by atomic mass is 16.2. The van der Waals surface area contributed by atoms with Crippen LogP contribution in [0.1, 0.15) is 40.0 Å². The van der Waals surface area contributed by atoms with Crippen LogP contribution >= 0.6 is 0 Å². The van der Waals surface area contributed by atoms with Crippen molar-refractivity contribution in [2.75, 3.05) is 0 Å². The lowest BCUT2D eigenvalue weighted by Crippen LogP contribution is -2.44. The third kappa shape index (κ3) is 3.57. The molecule has 1 fully saturated rings. The monoisotopic (exact) mass is 183 g/mol. The summed E-state index contributed by atoms with van der Waals surface area (Å²) in [4.78, 5) is 22.1. The summed E-state index contributed by atoms with van der Waals surface area (Å²) in [7, 11) is 0. The van der Waals surface area contributed by atoms with Crippen LogP contribution in [0.25, 0.3) is 0 Å². The summed E-state index contributed by atoms with van der Waals surface area (Å²) in [6, 6.07) is 0.0498. The van der Waals surface area contributed by atoms with Crippen molar-refractivity contribution in [2.45, 2.75) is 46.1 Å². The van der Waals surface area contributed by atoms with E-state index in [9.17, 15) is 9.59 Å². The maximum absolute atomic E-state index is 11.1. The molecule has 1 atom stereocenters. The number of hydrogen-bond donors (Lipinski definition) is 1. The molecular weight excluding hydrogens is 166 g/mol. The molecule has 0 bridgehead atoms. The van der Waals surface area contributed by atoms with E-state index in [0.717, 1.165) is 6.42 Å². The van der Waals surface area contributed by atoms with Gasteiger partial charge in [-0.15, -0.1) is 0 Å². The second-order valence-electron chi connectivity index (χ2n) is 4.95. The largest absolute Gasteiger partial charge is 0.353 e. The molecule has 1 rings (SSSR count). The normalized spacial score (nSPS) is 24.4. The van der Waals surface area contributed by atoms with Crippen molar-refractivity contribution >= 4 is 11.7 Å². The molecule has 74 valence electrons. The number of piperidine rings is 1. The number of Topliss-reactive ketones (excluding diaryl/α,β-unsaturated/α-hetero) is 1. The fourth-order valence-corrected chi connectivity index (χ4v) is 1.72. The molecule has 0 aromatic heterocycles. The molecule has 3 heteroatoms. The molecular formula is C10H17NO2. The molecule has 1 aliphatic heterocycles. The molecule has 1 unspecified atom stereocenters. The Morgan fingerprint density at radius 3 is 2.46 bits per heavy atom. The van der Waals surface area contributed by atoms with E-state index in [-0.39, 0.29) is 29.6 Å². The van der Waals surface area contributed by atoms with E-state index >= 15 is 0 Å². The van der Waals surface area contributed by atoms with Crippen LogP contribution in [0.5, 0.6) is 0 Å². The van der Waals surface area contributed by atoms with Crippen LogP contribution in [0, 0.1) is 5.41 Å². The van der Waals surface area contributed by atoms with Crippen molar-refractivity contribution in [1.82, 2.24) is 5.32 Å². The number of hydrogen-bond acceptors (Lipinski definition) is 2. The summed E-state index contributed by atoms with van der Waals surface area (Å²) in [6.07, 6.45) is 1.44. The Morgan fingerprint density at radius 1 is 1.38 bits per heavy atom. The van der Waals surface area contributed by atoms with Gasteiger partial charge in [0.05, 0.1) is 6.42 Å². The highest BCUT2D eigenvalue weighted by Crippen LogP contribution is 2.23. The molecule has 0 aromatic rings. The topological polar surface area (TPSA) is 46.2 Å². The quantitative estimate of drug-likeness (QED) is 0.622. The van der Waals surface area contributed by atoms with Gasteiger partial charge in [-0.3, -0.25) is 9.59 Å². The molecule has 1 amide bonds. The Bertz CT molecular complexity index is 212. The van der Waals surface area contributed by atoms with Gasteiger partial charge in [-0.2, -0.15) is 0 Å². The molecule has 1 heterocycles. The molecule has 0 radical (unpaired) electrons. The molecule has 0 saturated carbocycles. The highest BCUT2D eigenvalue weighted by molar-refractivity contribution is 6.00. The van der Waals surface area contributed by atoms with Gasteiger partial charge < -0.3 is 5.32 Å². The third-order valence-corrected chi connectivity index (χ3v) is 2.06. The average Bonchev–Trinajstić information content (AvgIpc) is 1.78. The maximum atomic E-state index is 11.1. The van der Waals surface area contributed by atoms with E-state index in [1.807, 2.05) is 0 Å². The molecule has 1 saturated heterocycles. The van der Waals surface area contributed by atoms with Crippen LogP contribution in [-0.2, 0) is 9.59 Å². The molecule has 0 aliphatic carbocycles. The van der Waals surface area contributed by atoms with Crippen LogP contribution in [0.3, 0.4) is 0 Å². The van der Waals surface area contributed by atoms with Crippen LogP contribution in [0.15, 0.2) is 0 Å². The van der Waals surface area contributed by atoms with E-state index < -0.39 is 0 Å². The molecule has 13 heavy (non-hydrogen) atoms. The number of rotatable bonds is 1. The van der Waals surface area contributed by atoms with Crippen molar-refractivity contribution in [1.29, 1.82) is 0 Å². The minimum Gasteiger partial charge on any atom is -0.353 e. The Kier molecular flexibility index (Phi) is 2.74. The van der Waals surface area contributed by atoms with E-state index in [2.05, 4.69) is 26.1 Å². The lowest BCUT2D eigenvalue weighted by Gasteiger charge is -2.28. The number of nitrogens with one attached hydrogen (secondary N) is 1. The van der Waals surface area contributed by atoms with Crippen molar-refractivity contribution in [3.63, 3.8) is 0 Å². The van der Waals surface area contributed by atoms with Gasteiger partial charge in [-0.05, 0) is 11.8 Å². The fraction of sp³-hybridized carbons (Fsp3) is 0.800. The Morgan fingerprint density at radius 2 is 2.00 bits per heavy atom. The Labute approximate surface area is 78.9 Å². The Balaban J connectivity index is 2.51. The predicted octanol–water partition coefficient (Wildman–Crippen LogP) is 1.27. The second kappa shape index (κ2) is 3.48. The zero-order chi connectivity index (χ0) is 10.1. The van der Waals surface area contributed by atoms with E-state index in [1.54, 1.807) is 0 Å². The van der Waals surface area contributed by atoms with Gasteiger partial charge in [0, 0.05) is 12.5 Å². The number of carbonyl (C=O) groups excluding carboxylic acids is 2. The van der Waals surface area contributed by atoms with Crippen molar-refractivity contribution < 1.29 is 9.59 Å². The minimum atomic E-state index is -0.120. The van der Waals surface area contributed by atoms with Crippen molar-refractivity contribution in [2.24, 2.45) is 5.41 Å². The highest BCUT2D eigenvalue weighted by Gasteiger charge is 2.27. The third-order valence-electron chi connectivity index (χ3n) is 2.06. The first-order valence-electron chi connectivity index (χ1n) is 4.68. The summed E-state index contributed by atoms with van der Waals surface area (Å²) >= 11 is 0. The molecule has 3 nitrogen and oxygen atoms in total. The predicted molar refractivity (Wildman–Crippen MR) is 50.2 cm³/mol. The van der Waals surface area contributed by atoms with Gasteiger partial charge in [-0.25, -0.2) is 0 Å². The van der Waals surface area contributed by atoms with E-state index in [4.69, 9.17) is 0 Å². The zero-order valence-electron chi connectivity index (χ0n) is 8.52. The number of ketones is 1. The molecule has 0 spiro atoms. The minimum absolute atomic E-state index is 0.0498. The second-order valence-corrected chi connectivity index (χ2v) is 4.95. The summed E-state index contributed by atoms with van der Waals surface area (Å²) in [5.74, 6) is -0.0523. The van der Waals surface area contributed by atoms with E-state index in [1.165, 1.54) is 0 Å². The van der Waals surface area contributed by atoms with Crippen LogP contribution in [-0.4, -0.2) is 17.7 Å². The van der Waals surface area contributed by atoms with Gasteiger partial charge in [0.25, 0.3) is 0 Å². The van der Waals surface area contributed by atoms with E-state index in [0.29, 0.717) is 6.42 Å². The standard InChI is InChI=1S/C10H17NO2/c1-10(2,3)6-7-4-8(12)5-9(13)11-7/h7H,4-6H2,1-3H3,(H,11,13). The SMILES string of the molecule is CC(C)(C)CC1CC(=O)CC(=O)N1. The summed E-state index contributed by atoms with van der Waals surface area (Å²) in [5.41, 5.74) is 0.162. The Hall–Kier alpha value is -0.860. The maximum Gasteiger partial charge on any atom is 0.227 e. The molecule has 1 aliphatic rings. The molecule has 1 N–H and O–H groups in total. The lowest BCUT2D eigenvalue weighted by molar-refractivity contribution is -0.132. The summed E-state index contributed by atoms with van der Waals surface area (Å²) in [5, 5.41) is 2.84. The average molecular weight is 183 g/mol. The van der Waals surface area contributed by atoms with Crippen LogP contribution in [0.4, 0.5) is 0 Å². The van der Waals surface area contributed by atoms with Gasteiger partial charge in [-0.1, -0.05) is 20.8 Å². The summed E-state index contributed by atoms with van der Waals surface area (Å²) < 4.78 is 0. The zero-order valence-corrected chi connectivity index (χ0v) is 8.52. The van der Waals surface area contributed by atoms with Crippen molar-refractivity contribution in [3.8, 4) is 0 Å². The first-order chi connectivity index (χ1) is 5.87. The first-order valence-corrected chi connectivity index (χ1v) is 4.68. The van der Waals surface area contributed by atoms with Crippen LogP contribution in [0.2, 0.25) is 0 Å². The van der Waals surface area contributed by atoms with Gasteiger partial charge in [0.15, 0.2) is 0 Å². The smallest absolute Gasteiger partial charge is 0.227 e. The summed E-state index contributed by atoms with van der Waals surface area (Å²) in [6.45, 7) is 6.33. The fourth-order valence-electron chi connectivity index (χ4n) is 1.72. The van der Waals surface area contributed by atoms with Gasteiger partial charge in [0.1, 0.15) is 5.78 Å². The first kappa shape index (κ1) is 10.2. The van der Waals surface area contributed by atoms with Crippen LogP contribution < -0.4 is 5.32 Å². The lowest BCUT2D eigenvalue weighted by atomic mass is 9.85. The van der Waals surface area contributed by atoms with Gasteiger partial charge in [0.2, 0.25) is 5.91 Å². The number of carbonyl (C=O) groups is 2. The van der Waals surface area contributed by atoms with Gasteiger partial charge >= 0.3 is 0 Å². The van der Waals surface area contributed by atoms with Crippen molar-refractivity contribution in [3.05, 3.63) is 0 Å².